The summed E-state index contributed by atoms with van der Waals surface area (Å²) in [7, 11) is -4.41. The van der Waals surface area contributed by atoms with Gasteiger partial charge < -0.3 is 29.5 Å². The number of aliphatic hydroxyl groups is 2. The van der Waals surface area contributed by atoms with E-state index in [0.717, 1.165) is 18.8 Å². The molecule has 0 radical (unpaired) electrons. The van der Waals surface area contributed by atoms with Gasteiger partial charge in [-0.15, -0.1) is 0 Å². The average molecular weight is 726 g/mol. The van der Waals surface area contributed by atoms with Crippen molar-refractivity contribution in [1.29, 1.82) is 0 Å². The van der Waals surface area contributed by atoms with Gasteiger partial charge in [0.05, 0.1) is 18.9 Å². The van der Waals surface area contributed by atoms with Crippen LogP contribution in [0.3, 0.4) is 0 Å². The van der Waals surface area contributed by atoms with Gasteiger partial charge in [0.15, 0.2) is 5.82 Å². The maximum Gasteiger partial charge on any atom is 0.421 e. The summed E-state index contributed by atoms with van der Waals surface area (Å²) >= 11 is 0. The predicted molar refractivity (Wildman–Crippen MR) is 186 cm³/mol. The lowest BCUT2D eigenvalue weighted by atomic mass is 9.96. The van der Waals surface area contributed by atoms with E-state index in [1.807, 2.05) is 13.8 Å². The molecule has 14 nitrogen and oxygen atoms in total. The fraction of sp³-hybridized carbons (Fsp3) is 0.400. The highest BCUT2D eigenvalue weighted by Crippen LogP contribution is 2.49. The number of aliphatic imine (C=N–C) groups is 1. The molecule has 0 saturated carbocycles. The summed E-state index contributed by atoms with van der Waals surface area (Å²) < 4.78 is 53.0. The molecule has 2 aromatic carbocycles. The molecule has 1 aliphatic heterocycles. The Labute approximate surface area is 294 Å². The maximum atomic E-state index is 14.9. The van der Waals surface area contributed by atoms with Gasteiger partial charge in [-0.25, -0.2) is 23.2 Å². The molecule has 1 saturated heterocycles. The number of aromatic nitrogens is 3. The van der Waals surface area contributed by atoms with Crippen LogP contribution in [-0.4, -0.2) is 86.4 Å². The van der Waals surface area contributed by atoms with Gasteiger partial charge in [-0.05, 0) is 49.2 Å². The van der Waals surface area contributed by atoms with Crippen LogP contribution in [-0.2, 0) is 23.4 Å². The van der Waals surface area contributed by atoms with Crippen molar-refractivity contribution in [2.75, 3.05) is 25.2 Å². The number of fused-ring (bicyclic) bond motifs is 1. The van der Waals surface area contributed by atoms with Gasteiger partial charge in [-0.2, -0.15) is 5.10 Å². The van der Waals surface area contributed by atoms with E-state index in [1.54, 1.807) is 54.6 Å². The molecular weight excluding hydrogens is 684 g/mol. The zero-order chi connectivity index (χ0) is 36.6. The Morgan fingerprint density at radius 3 is 2.45 bits per heavy atom. The molecule has 272 valence electrons. The van der Waals surface area contributed by atoms with E-state index in [2.05, 4.69) is 20.4 Å². The monoisotopic (exact) mass is 725 g/mol. The number of hydrogen-bond acceptors (Lipinski definition) is 12. The molecule has 6 atom stereocenters. The van der Waals surface area contributed by atoms with E-state index in [1.165, 1.54) is 36.0 Å². The molecule has 1 fully saturated rings. The Bertz CT molecular complexity index is 1860. The highest BCUT2D eigenvalue weighted by molar-refractivity contribution is 7.70. The number of alkyl halides is 1. The normalized spacial score (nSPS) is 22.2. The Morgan fingerprint density at radius 2 is 1.78 bits per heavy atom. The van der Waals surface area contributed by atoms with Crippen molar-refractivity contribution < 1.29 is 47.3 Å². The number of benzene rings is 2. The third-order valence-corrected chi connectivity index (χ3v) is 10.0. The third kappa shape index (κ3) is 8.68. The van der Waals surface area contributed by atoms with Gasteiger partial charge in [-0.1, -0.05) is 63.1 Å². The van der Waals surface area contributed by atoms with Crippen molar-refractivity contribution in [3.05, 3.63) is 90.4 Å². The summed E-state index contributed by atoms with van der Waals surface area (Å²) in [5.74, 6) is 0.257. The van der Waals surface area contributed by atoms with Crippen LogP contribution in [0, 0.1) is 5.92 Å². The van der Waals surface area contributed by atoms with Gasteiger partial charge >= 0.3 is 13.6 Å². The van der Waals surface area contributed by atoms with Gasteiger partial charge in [0, 0.05) is 5.56 Å². The van der Waals surface area contributed by atoms with E-state index in [4.69, 9.17) is 18.5 Å². The first-order valence-corrected chi connectivity index (χ1v) is 18.1. The molecule has 51 heavy (non-hydrogen) atoms. The number of nitrogens with one attached hydrogen (secondary N) is 1. The van der Waals surface area contributed by atoms with Crippen LogP contribution in [0.5, 0.6) is 5.75 Å². The first-order valence-electron chi connectivity index (χ1n) is 16.5. The molecule has 0 aliphatic carbocycles. The molecule has 0 spiro atoms. The molecule has 5 rings (SSSR count). The van der Waals surface area contributed by atoms with Crippen LogP contribution in [0.2, 0.25) is 0 Å². The molecule has 0 unspecified atom stereocenters. The van der Waals surface area contributed by atoms with E-state index < -0.39 is 62.7 Å². The van der Waals surface area contributed by atoms with E-state index in [-0.39, 0.29) is 29.8 Å². The van der Waals surface area contributed by atoms with E-state index in [0.29, 0.717) is 11.1 Å². The number of carbonyl (C=O) groups excluding carboxylic acids is 2. The Balaban J connectivity index is 1.35. The fourth-order valence-electron chi connectivity index (χ4n) is 5.41. The number of esters is 1. The second-order valence-electron chi connectivity index (χ2n) is 12.1. The number of ether oxygens (including phenoxy) is 2. The van der Waals surface area contributed by atoms with Crippen LogP contribution in [0.25, 0.3) is 5.52 Å². The SMILES string of the molecule is CCC(CC)COC(=O)[C@H](C)N=C[P@](=O)(OC[C@@]1(CF)O[C@@H](c2ccc3c(NC(=O)c4ccccc4)ncnn23)[C@H](O)[C@@H]1O)Oc1ccccc1. The quantitative estimate of drug-likeness (QED) is 0.0787. The van der Waals surface area contributed by atoms with Gasteiger partial charge in [0.2, 0.25) is 0 Å². The summed E-state index contributed by atoms with van der Waals surface area (Å²) in [6, 6.07) is 18.5. The smallest absolute Gasteiger partial charge is 0.421 e. The zero-order valence-corrected chi connectivity index (χ0v) is 29.3. The number of nitrogens with zero attached hydrogens (tertiary/aromatic N) is 4. The minimum atomic E-state index is -4.41. The van der Waals surface area contributed by atoms with E-state index in [9.17, 15) is 28.8 Å². The summed E-state index contributed by atoms with van der Waals surface area (Å²) in [6.07, 6.45) is -2.05. The molecule has 1 amide bonds. The lowest BCUT2D eigenvalue weighted by Crippen LogP contribution is -2.48. The lowest BCUT2D eigenvalue weighted by molar-refractivity contribution is -0.146. The Kier molecular flexibility index (Phi) is 12.3. The topological polar surface area (TPSA) is 183 Å². The second kappa shape index (κ2) is 16.7. The molecule has 3 heterocycles. The van der Waals surface area contributed by atoms with Crippen LogP contribution in [0.4, 0.5) is 10.2 Å². The molecule has 0 bridgehead atoms. The van der Waals surface area contributed by atoms with Crippen LogP contribution in [0.1, 0.15) is 55.8 Å². The van der Waals surface area contributed by atoms with Crippen molar-refractivity contribution in [1.82, 2.24) is 14.6 Å². The average Bonchev–Trinajstić information content (AvgIpc) is 3.69. The lowest BCUT2D eigenvalue weighted by Gasteiger charge is -2.30. The van der Waals surface area contributed by atoms with Gasteiger partial charge in [0.25, 0.3) is 5.91 Å². The molecule has 1 aliphatic rings. The predicted octanol–water partition coefficient (Wildman–Crippen LogP) is 5.17. The highest BCUT2D eigenvalue weighted by atomic mass is 31.2. The van der Waals surface area contributed by atoms with Crippen molar-refractivity contribution in [3.8, 4) is 5.75 Å². The zero-order valence-electron chi connectivity index (χ0n) is 28.4. The van der Waals surface area contributed by atoms with E-state index >= 15 is 0 Å². The number of rotatable bonds is 16. The van der Waals surface area contributed by atoms with Crippen LogP contribution >= 0.6 is 7.60 Å². The molecule has 3 N–H and O–H groups in total. The van der Waals surface area contributed by atoms with Crippen LogP contribution in [0.15, 0.2) is 84.1 Å². The number of halogens is 1. The van der Waals surface area contributed by atoms with Gasteiger partial charge in [-0.3, -0.25) is 14.3 Å². The van der Waals surface area contributed by atoms with Crippen molar-refractivity contribution >= 4 is 36.8 Å². The number of aliphatic hydroxyl groups excluding tert-OH is 2. The molecule has 4 aromatic rings. The number of amides is 1. The van der Waals surface area contributed by atoms with Crippen molar-refractivity contribution in [2.45, 2.75) is 63.6 Å². The summed E-state index contributed by atoms with van der Waals surface area (Å²) in [6.45, 7) is 3.45. The number of para-hydroxylation sites is 1. The Hall–Kier alpha value is -4.53. The number of anilines is 1. The first-order chi connectivity index (χ1) is 24.5. The highest BCUT2D eigenvalue weighted by Gasteiger charge is 2.56. The summed E-state index contributed by atoms with van der Waals surface area (Å²) in [5, 5.41) is 29.2. The minimum absolute atomic E-state index is 0.130. The Morgan fingerprint density at radius 1 is 1.10 bits per heavy atom. The van der Waals surface area contributed by atoms with Crippen molar-refractivity contribution in [3.63, 3.8) is 0 Å². The molecular formula is C35H41FN5O9P. The first kappa shape index (κ1) is 37.7. The maximum absolute atomic E-state index is 14.9. The second-order valence-corrected chi connectivity index (χ2v) is 13.9. The molecule has 16 heteroatoms. The molecule has 2 aromatic heterocycles. The number of carbonyl (C=O) groups is 2. The fourth-order valence-corrected chi connectivity index (χ4v) is 6.75. The standard InChI is InChI=1S/C35H41FN5O9P/c1-4-24(5-2)18-47-34(45)23(3)38-22-51(46,50-26-14-10-7-11-15-26)48-20-35(19-36)31(43)29(42)30(49-35)27-16-17-28-32(37-21-39-41(27)28)40-33(44)25-12-8-6-9-13-25/h6-17,21-24,29-31,42-43H,4-5,18-20H2,1-3H3,(H,37,39,40,44)/t23-,29-,30-,31-,35+,51-/m0/s1. The van der Waals surface area contributed by atoms with Gasteiger partial charge in [0.1, 0.15) is 60.2 Å². The van der Waals surface area contributed by atoms with Crippen molar-refractivity contribution in [2.24, 2.45) is 10.9 Å². The largest absolute Gasteiger partial charge is 0.464 e. The van der Waals surface area contributed by atoms with Crippen LogP contribution < -0.4 is 9.84 Å². The summed E-state index contributed by atoms with van der Waals surface area (Å²) in [4.78, 5) is 33.7. The number of hydrogen-bond donors (Lipinski definition) is 3. The summed E-state index contributed by atoms with van der Waals surface area (Å²) in [5.41, 5.74) is -1.28. The minimum Gasteiger partial charge on any atom is -0.464 e. The third-order valence-electron chi connectivity index (χ3n) is 8.65.